The molecule has 2 rings (SSSR count). The van der Waals surface area contributed by atoms with Gasteiger partial charge in [0.05, 0.1) is 0 Å². The predicted molar refractivity (Wildman–Crippen MR) is 78.4 cm³/mol. The molecular formula is C17H25F2N. The molecule has 0 bridgehead atoms. The average Bonchev–Trinajstić information content (AvgIpc) is 2.45. The molecule has 1 nitrogen and oxygen atoms in total. The van der Waals surface area contributed by atoms with Gasteiger partial charge in [0.2, 0.25) is 0 Å². The van der Waals surface area contributed by atoms with Gasteiger partial charge in [-0.15, -0.1) is 0 Å². The van der Waals surface area contributed by atoms with E-state index in [0.717, 1.165) is 24.8 Å². The van der Waals surface area contributed by atoms with Crippen molar-refractivity contribution < 1.29 is 8.78 Å². The van der Waals surface area contributed by atoms with Gasteiger partial charge in [0.15, 0.2) is 0 Å². The summed E-state index contributed by atoms with van der Waals surface area (Å²) in [7, 11) is 0. The molecule has 0 atom stereocenters. The lowest BCUT2D eigenvalue weighted by atomic mass is 9.67. The molecule has 0 heterocycles. The van der Waals surface area contributed by atoms with Crippen LogP contribution in [0.15, 0.2) is 18.2 Å². The molecular weight excluding hydrogens is 256 g/mol. The first kappa shape index (κ1) is 15.4. The maximum atomic E-state index is 13.8. The fourth-order valence-corrected chi connectivity index (χ4v) is 3.51. The van der Waals surface area contributed by atoms with Crippen LogP contribution in [0.2, 0.25) is 0 Å². The Bertz CT molecular complexity index is 437. The fraction of sp³-hybridized carbons (Fsp3) is 0.647. The Kier molecular flexibility index (Phi) is 5.14. The molecule has 20 heavy (non-hydrogen) atoms. The lowest BCUT2D eigenvalue weighted by molar-refractivity contribution is 0.149. The highest BCUT2D eigenvalue weighted by molar-refractivity contribution is 5.20. The Balaban J connectivity index is 2.05. The summed E-state index contributed by atoms with van der Waals surface area (Å²) in [5.41, 5.74) is 6.59. The topological polar surface area (TPSA) is 26.0 Å². The molecule has 0 aliphatic heterocycles. The summed E-state index contributed by atoms with van der Waals surface area (Å²) >= 11 is 0. The van der Waals surface area contributed by atoms with Crippen LogP contribution in [0.1, 0.15) is 51.0 Å². The normalized spacial score (nSPS) is 26.7. The van der Waals surface area contributed by atoms with E-state index < -0.39 is 11.6 Å². The van der Waals surface area contributed by atoms with Gasteiger partial charge in [-0.3, -0.25) is 0 Å². The van der Waals surface area contributed by atoms with Crippen molar-refractivity contribution in [2.45, 2.75) is 51.9 Å². The first-order valence-electron chi connectivity index (χ1n) is 7.72. The summed E-state index contributed by atoms with van der Waals surface area (Å²) in [4.78, 5) is 0. The van der Waals surface area contributed by atoms with Gasteiger partial charge in [0.25, 0.3) is 0 Å². The third kappa shape index (κ3) is 3.57. The van der Waals surface area contributed by atoms with Crippen molar-refractivity contribution in [2.24, 2.45) is 17.1 Å². The molecule has 0 spiro atoms. The van der Waals surface area contributed by atoms with Gasteiger partial charge in [-0.05, 0) is 61.6 Å². The largest absolute Gasteiger partial charge is 0.330 e. The van der Waals surface area contributed by atoms with E-state index >= 15 is 0 Å². The number of rotatable bonds is 5. The van der Waals surface area contributed by atoms with Gasteiger partial charge in [-0.2, -0.15) is 0 Å². The maximum Gasteiger partial charge on any atom is 0.129 e. The van der Waals surface area contributed by atoms with Crippen molar-refractivity contribution in [3.05, 3.63) is 35.4 Å². The molecule has 1 aromatic carbocycles. The van der Waals surface area contributed by atoms with Gasteiger partial charge in [-0.1, -0.05) is 25.8 Å². The summed E-state index contributed by atoms with van der Waals surface area (Å²) < 4.78 is 26.8. The highest BCUT2D eigenvalue weighted by Crippen LogP contribution is 2.42. The molecule has 0 aromatic heterocycles. The minimum absolute atomic E-state index is 0.00289. The van der Waals surface area contributed by atoms with Crippen molar-refractivity contribution in [3.63, 3.8) is 0 Å². The van der Waals surface area contributed by atoms with Crippen LogP contribution in [0.3, 0.4) is 0 Å². The van der Waals surface area contributed by atoms with Crippen molar-refractivity contribution in [2.75, 3.05) is 6.54 Å². The summed E-state index contributed by atoms with van der Waals surface area (Å²) in [5, 5.41) is 0. The van der Waals surface area contributed by atoms with Gasteiger partial charge in [0.1, 0.15) is 11.6 Å². The molecule has 0 unspecified atom stereocenters. The molecule has 1 aliphatic rings. The molecule has 112 valence electrons. The Labute approximate surface area is 120 Å². The zero-order chi connectivity index (χ0) is 14.6. The van der Waals surface area contributed by atoms with E-state index in [-0.39, 0.29) is 5.41 Å². The second kappa shape index (κ2) is 6.66. The standard InChI is InChI=1S/C17H25F2N/c1-2-3-13-6-8-17(12-20,9-7-13)11-14-4-5-15(18)10-16(14)19/h4-5,10,13H,2-3,6-9,11-12,20H2,1H3. The van der Waals surface area contributed by atoms with Gasteiger partial charge < -0.3 is 5.73 Å². The minimum Gasteiger partial charge on any atom is -0.330 e. The van der Waals surface area contributed by atoms with Crippen LogP contribution in [-0.4, -0.2) is 6.54 Å². The minimum atomic E-state index is -0.514. The van der Waals surface area contributed by atoms with Crippen molar-refractivity contribution in [1.82, 2.24) is 0 Å². The number of halogens is 2. The first-order valence-corrected chi connectivity index (χ1v) is 7.72. The van der Waals surface area contributed by atoms with Crippen LogP contribution in [-0.2, 0) is 6.42 Å². The highest BCUT2D eigenvalue weighted by Gasteiger charge is 2.34. The molecule has 1 fully saturated rings. The second-order valence-corrected chi connectivity index (χ2v) is 6.35. The smallest absolute Gasteiger partial charge is 0.129 e. The zero-order valence-corrected chi connectivity index (χ0v) is 12.3. The van der Waals surface area contributed by atoms with Gasteiger partial charge >= 0.3 is 0 Å². The van der Waals surface area contributed by atoms with Crippen molar-refractivity contribution in [3.8, 4) is 0 Å². The second-order valence-electron chi connectivity index (χ2n) is 6.35. The maximum absolute atomic E-state index is 13.8. The molecule has 1 saturated carbocycles. The molecule has 0 amide bonds. The van der Waals surface area contributed by atoms with E-state index in [9.17, 15) is 8.78 Å². The van der Waals surface area contributed by atoms with E-state index in [2.05, 4.69) is 6.92 Å². The van der Waals surface area contributed by atoms with Crippen LogP contribution in [0, 0.1) is 23.0 Å². The highest BCUT2D eigenvalue weighted by atomic mass is 19.1. The predicted octanol–water partition coefficient (Wildman–Crippen LogP) is 4.44. The summed E-state index contributed by atoms with van der Waals surface area (Å²) in [6, 6.07) is 3.88. The molecule has 0 radical (unpaired) electrons. The van der Waals surface area contributed by atoms with Crippen LogP contribution in [0.5, 0.6) is 0 Å². The number of benzene rings is 1. The van der Waals surface area contributed by atoms with Crippen LogP contribution in [0.4, 0.5) is 8.78 Å². The Hall–Kier alpha value is -0.960. The van der Waals surface area contributed by atoms with Crippen LogP contribution < -0.4 is 5.73 Å². The molecule has 1 aromatic rings. The molecule has 2 N–H and O–H groups in total. The van der Waals surface area contributed by atoms with Gasteiger partial charge in [-0.25, -0.2) is 8.78 Å². The van der Waals surface area contributed by atoms with E-state index in [4.69, 9.17) is 5.73 Å². The monoisotopic (exact) mass is 281 g/mol. The van der Waals surface area contributed by atoms with E-state index in [1.54, 1.807) is 6.07 Å². The average molecular weight is 281 g/mol. The van der Waals surface area contributed by atoms with E-state index in [1.165, 1.54) is 31.7 Å². The summed E-state index contributed by atoms with van der Waals surface area (Å²) in [5.74, 6) is -0.147. The SMILES string of the molecule is CCCC1CCC(CN)(Cc2ccc(F)cc2F)CC1. The Morgan fingerprint density at radius 3 is 2.50 bits per heavy atom. The number of hydrogen-bond donors (Lipinski definition) is 1. The quantitative estimate of drug-likeness (QED) is 0.848. The van der Waals surface area contributed by atoms with E-state index in [0.29, 0.717) is 18.5 Å². The van der Waals surface area contributed by atoms with Gasteiger partial charge in [0, 0.05) is 6.07 Å². The first-order chi connectivity index (χ1) is 9.58. The summed E-state index contributed by atoms with van der Waals surface area (Å²) in [6.45, 7) is 2.81. The van der Waals surface area contributed by atoms with E-state index in [1.807, 2.05) is 0 Å². The summed E-state index contributed by atoms with van der Waals surface area (Å²) in [6.07, 6.45) is 7.64. The Morgan fingerprint density at radius 1 is 1.25 bits per heavy atom. The fourth-order valence-electron chi connectivity index (χ4n) is 3.51. The third-order valence-electron chi connectivity index (χ3n) is 4.88. The van der Waals surface area contributed by atoms with Crippen molar-refractivity contribution in [1.29, 1.82) is 0 Å². The molecule has 3 heteroatoms. The van der Waals surface area contributed by atoms with Crippen LogP contribution in [0.25, 0.3) is 0 Å². The lowest BCUT2D eigenvalue weighted by Gasteiger charge is -2.40. The Morgan fingerprint density at radius 2 is 1.95 bits per heavy atom. The van der Waals surface area contributed by atoms with Crippen LogP contribution >= 0.6 is 0 Å². The van der Waals surface area contributed by atoms with Crippen molar-refractivity contribution >= 4 is 0 Å². The third-order valence-corrected chi connectivity index (χ3v) is 4.88. The molecule has 1 aliphatic carbocycles. The lowest BCUT2D eigenvalue weighted by Crippen LogP contribution is -2.37. The number of hydrogen-bond acceptors (Lipinski definition) is 1. The zero-order valence-electron chi connectivity index (χ0n) is 12.3. The molecule has 0 saturated heterocycles. The number of nitrogens with two attached hydrogens (primary N) is 1.